The highest BCUT2D eigenvalue weighted by molar-refractivity contribution is 5.76. The summed E-state index contributed by atoms with van der Waals surface area (Å²) in [6, 6.07) is 10.3. The number of carbonyl (C=O) groups excluding carboxylic acids is 1. The summed E-state index contributed by atoms with van der Waals surface area (Å²) in [5.41, 5.74) is 1.22. The minimum atomic E-state index is 0.195. The van der Waals surface area contributed by atoms with Gasteiger partial charge < -0.3 is 15.5 Å². The molecule has 1 saturated heterocycles. The molecule has 1 aromatic carbocycles. The highest BCUT2D eigenvalue weighted by atomic mass is 16.1. The summed E-state index contributed by atoms with van der Waals surface area (Å²) in [5.74, 6) is 0.725. The zero-order chi connectivity index (χ0) is 14.2. The van der Waals surface area contributed by atoms with E-state index in [1.807, 2.05) is 18.2 Å². The first kappa shape index (κ1) is 14.9. The molecule has 1 aromatic rings. The van der Waals surface area contributed by atoms with Gasteiger partial charge in [0.1, 0.15) is 0 Å². The third kappa shape index (κ3) is 4.85. The second-order valence-corrected chi connectivity index (χ2v) is 5.52. The third-order valence-corrected chi connectivity index (χ3v) is 3.83. The van der Waals surface area contributed by atoms with Gasteiger partial charge in [0.25, 0.3) is 0 Å². The molecule has 0 aromatic heterocycles. The molecule has 20 heavy (non-hydrogen) atoms. The van der Waals surface area contributed by atoms with Crippen LogP contribution in [0, 0.1) is 5.92 Å². The van der Waals surface area contributed by atoms with Gasteiger partial charge in [-0.1, -0.05) is 18.2 Å². The Balaban J connectivity index is 1.58. The van der Waals surface area contributed by atoms with Gasteiger partial charge in [-0.25, -0.2) is 0 Å². The Morgan fingerprint density at radius 1 is 1.40 bits per heavy atom. The van der Waals surface area contributed by atoms with Crippen LogP contribution in [0.2, 0.25) is 0 Å². The van der Waals surface area contributed by atoms with E-state index in [9.17, 15) is 4.79 Å². The van der Waals surface area contributed by atoms with Gasteiger partial charge in [-0.3, -0.25) is 4.79 Å². The van der Waals surface area contributed by atoms with E-state index < -0.39 is 0 Å². The average molecular weight is 275 g/mol. The minimum Gasteiger partial charge on any atom is -0.375 e. The van der Waals surface area contributed by atoms with Crippen molar-refractivity contribution < 1.29 is 4.79 Å². The van der Waals surface area contributed by atoms with Crippen LogP contribution in [0.1, 0.15) is 19.3 Å². The maximum Gasteiger partial charge on any atom is 0.220 e. The molecule has 1 aliphatic rings. The van der Waals surface area contributed by atoms with E-state index in [1.165, 1.54) is 5.69 Å². The van der Waals surface area contributed by atoms with Crippen molar-refractivity contribution in [3.05, 3.63) is 30.3 Å². The molecule has 2 rings (SSSR count). The van der Waals surface area contributed by atoms with E-state index in [1.54, 1.807) is 0 Å². The van der Waals surface area contributed by atoms with Crippen LogP contribution in [0.15, 0.2) is 30.3 Å². The van der Waals surface area contributed by atoms with E-state index in [-0.39, 0.29) is 5.91 Å². The molecule has 0 bridgehead atoms. The summed E-state index contributed by atoms with van der Waals surface area (Å²) in [7, 11) is 2.08. The predicted molar refractivity (Wildman–Crippen MR) is 82.9 cm³/mol. The first-order valence-corrected chi connectivity index (χ1v) is 7.49. The van der Waals surface area contributed by atoms with E-state index in [0.717, 1.165) is 39.0 Å². The Kier molecular flexibility index (Phi) is 5.87. The molecule has 0 aliphatic carbocycles. The zero-order valence-corrected chi connectivity index (χ0v) is 12.3. The Labute approximate surface area is 121 Å². The summed E-state index contributed by atoms with van der Waals surface area (Å²) in [4.78, 5) is 14.0. The first-order chi connectivity index (χ1) is 9.75. The molecular weight excluding hydrogens is 250 g/mol. The highest BCUT2D eigenvalue weighted by Crippen LogP contribution is 2.12. The highest BCUT2D eigenvalue weighted by Gasteiger charge is 2.17. The van der Waals surface area contributed by atoms with Gasteiger partial charge in [0.05, 0.1) is 0 Å². The molecule has 4 nitrogen and oxygen atoms in total. The standard InChI is InChI=1S/C16H25N3O/c1-19(15-6-3-2-4-7-15)11-5-9-18-16(20)12-14-8-10-17-13-14/h2-4,6-7,14,17H,5,8-13H2,1H3,(H,18,20)/t14-/m0/s1. The summed E-state index contributed by atoms with van der Waals surface area (Å²) in [6.45, 7) is 3.76. The van der Waals surface area contributed by atoms with Crippen LogP contribution in [0.3, 0.4) is 0 Å². The number of nitrogens with one attached hydrogen (secondary N) is 2. The van der Waals surface area contributed by atoms with Gasteiger partial charge in [0, 0.05) is 32.2 Å². The second-order valence-electron chi connectivity index (χ2n) is 5.52. The summed E-state index contributed by atoms with van der Waals surface area (Å²) >= 11 is 0. The molecule has 2 N–H and O–H groups in total. The third-order valence-electron chi connectivity index (χ3n) is 3.83. The Hall–Kier alpha value is -1.55. The van der Waals surface area contributed by atoms with Crippen LogP contribution in [0.25, 0.3) is 0 Å². The topological polar surface area (TPSA) is 44.4 Å². The van der Waals surface area contributed by atoms with Gasteiger partial charge >= 0.3 is 0 Å². The van der Waals surface area contributed by atoms with E-state index >= 15 is 0 Å². The molecular formula is C16H25N3O. The fourth-order valence-corrected chi connectivity index (χ4v) is 2.58. The normalized spacial score (nSPS) is 17.9. The van der Waals surface area contributed by atoms with Gasteiger partial charge in [-0.2, -0.15) is 0 Å². The SMILES string of the molecule is CN(CCCNC(=O)C[C@@H]1CCNC1)c1ccccc1. The molecule has 1 atom stereocenters. The lowest BCUT2D eigenvalue weighted by Gasteiger charge is -2.19. The van der Waals surface area contributed by atoms with Crippen LogP contribution in [-0.4, -0.2) is 39.1 Å². The van der Waals surface area contributed by atoms with E-state index in [0.29, 0.717) is 12.3 Å². The number of benzene rings is 1. The predicted octanol–water partition coefficient (Wildman–Crippen LogP) is 1.63. The fourth-order valence-electron chi connectivity index (χ4n) is 2.58. The Morgan fingerprint density at radius 2 is 2.20 bits per heavy atom. The Bertz CT molecular complexity index is 401. The van der Waals surface area contributed by atoms with E-state index in [4.69, 9.17) is 0 Å². The zero-order valence-electron chi connectivity index (χ0n) is 12.3. The lowest BCUT2D eigenvalue weighted by Crippen LogP contribution is -2.29. The minimum absolute atomic E-state index is 0.195. The van der Waals surface area contributed by atoms with Crippen LogP contribution < -0.4 is 15.5 Å². The van der Waals surface area contributed by atoms with Crippen LogP contribution in [0.4, 0.5) is 5.69 Å². The Morgan fingerprint density at radius 3 is 2.90 bits per heavy atom. The molecule has 0 saturated carbocycles. The molecule has 1 fully saturated rings. The molecule has 4 heteroatoms. The quantitative estimate of drug-likeness (QED) is 0.743. The lowest BCUT2D eigenvalue weighted by atomic mass is 10.0. The van der Waals surface area contributed by atoms with Crippen molar-refractivity contribution in [3.63, 3.8) is 0 Å². The molecule has 1 aliphatic heterocycles. The number of amides is 1. The van der Waals surface area contributed by atoms with Gasteiger partial charge in [-0.05, 0) is 44.0 Å². The van der Waals surface area contributed by atoms with Gasteiger partial charge in [0.15, 0.2) is 0 Å². The van der Waals surface area contributed by atoms with Crippen LogP contribution in [-0.2, 0) is 4.79 Å². The molecule has 1 heterocycles. The van der Waals surface area contributed by atoms with Gasteiger partial charge in [0.2, 0.25) is 5.91 Å². The van der Waals surface area contributed by atoms with Gasteiger partial charge in [-0.15, -0.1) is 0 Å². The number of hydrogen-bond donors (Lipinski definition) is 2. The van der Waals surface area contributed by atoms with Crippen molar-refractivity contribution >= 4 is 11.6 Å². The molecule has 1 amide bonds. The summed E-state index contributed by atoms with van der Waals surface area (Å²) in [6.07, 6.45) is 2.77. The maximum atomic E-state index is 11.8. The van der Waals surface area contributed by atoms with Crippen molar-refractivity contribution in [1.82, 2.24) is 10.6 Å². The second kappa shape index (κ2) is 7.90. The lowest BCUT2D eigenvalue weighted by molar-refractivity contribution is -0.121. The monoisotopic (exact) mass is 275 g/mol. The largest absolute Gasteiger partial charge is 0.375 e. The first-order valence-electron chi connectivity index (χ1n) is 7.49. The van der Waals surface area contributed by atoms with Crippen molar-refractivity contribution in [2.45, 2.75) is 19.3 Å². The number of para-hydroxylation sites is 1. The van der Waals surface area contributed by atoms with Crippen LogP contribution >= 0.6 is 0 Å². The number of nitrogens with zero attached hydrogens (tertiary/aromatic N) is 1. The van der Waals surface area contributed by atoms with Crippen molar-refractivity contribution in [1.29, 1.82) is 0 Å². The number of rotatable bonds is 7. The molecule has 0 radical (unpaired) electrons. The maximum absolute atomic E-state index is 11.8. The fraction of sp³-hybridized carbons (Fsp3) is 0.562. The number of carbonyl (C=O) groups is 1. The average Bonchev–Trinajstić information content (AvgIpc) is 2.97. The van der Waals surface area contributed by atoms with Crippen molar-refractivity contribution in [2.75, 3.05) is 38.1 Å². The molecule has 110 valence electrons. The molecule has 0 spiro atoms. The van der Waals surface area contributed by atoms with Crippen LogP contribution in [0.5, 0.6) is 0 Å². The summed E-state index contributed by atoms with van der Waals surface area (Å²) in [5, 5.41) is 6.31. The smallest absolute Gasteiger partial charge is 0.220 e. The van der Waals surface area contributed by atoms with Crippen molar-refractivity contribution in [3.8, 4) is 0 Å². The molecule has 0 unspecified atom stereocenters. The van der Waals surface area contributed by atoms with Crippen molar-refractivity contribution in [2.24, 2.45) is 5.92 Å². The summed E-state index contributed by atoms with van der Waals surface area (Å²) < 4.78 is 0. The van der Waals surface area contributed by atoms with E-state index in [2.05, 4.69) is 34.7 Å². The number of anilines is 1. The number of hydrogen-bond acceptors (Lipinski definition) is 3.